The van der Waals surface area contributed by atoms with Crippen LogP contribution >= 0.6 is 0 Å². The molecule has 1 N–H and O–H groups in total. The quantitative estimate of drug-likeness (QED) is 0.449. The van der Waals surface area contributed by atoms with Crippen molar-refractivity contribution in [2.45, 2.75) is 47.1 Å². The molecule has 0 bridgehead atoms. The van der Waals surface area contributed by atoms with Crippen molar-refractivity contribution < 1.29 is 9.53 Å². The average molecular weight is 412 g/mol. The minimum Gasteiger partial charge on any atom is -0.466 e. The van der Waals surface area contributed by atoms with E-state index in [1.54, 1.807) is 0 Å². The second-order valence-electron chi connectivity index (χ2n) is 7.58. The molecule has 1 fully saturated rings. The number of guanidine groups is 1. The molecule has 0 spiro atoms. The summed E-state index contributed by atoms with van der Waals surface area (Å²) in [5.74, 6) is 0.822. The van der Waals surface area contributed by atoms with Crippen LogP contribution in [0.4, 0.5) is 0 Å². The third-order valence-corrected chi connectivity index (χ3v) is 5.58. The first-order chi connectivity index (χ1) is 14.5. The van der Waals surface area contributed by atoms with E-state index in [2.05, 4.69) is 36.2 Å². The lowest BCUT2D eigenvalue weighted by molar-refractivity contribution is -0.149. The van der Waals surface area contributed by atoms with E-state index in [0.29, 0.717) is 13.2 Å². The lowest BCUT2D eigenvalue weighted by atomic mass is 9.97. The molecule has 0 aliphatic carbocycles. The lowest BCUT2D eigenvalue weighted by Gasteiger charge is -2.33. The molecule has 0 radical (unpaired) electrons. The summed E-state index contributed by atoms with van der Waals surface area (Å²) >= 11 is 0. The van der Waals surface area contributed by atoms with Gasteiger partial charge in [0.2, 0.25) is 0 Å². The minimum absolute atomic E-state index is 0.00216. The summed E-state index contributed by atoms with van der Waals surface area (Å²) in [6, 6.07) is 10.2. The number of carbonyl (C=O) groups excluding carboxylic acids is 1. The second-order valence-corrected chi connectivity index (χ2v) is 7.58. The minimum atomic E-state index is -0.0707. The smallest absolute Gasteiger partial charge is 0.309 e. The Morgan fingerprint density at radius 1 is 1.20 bits per heavy atom. The Morgan fingerprint density at radius 2 is 1.90 bits per heavy atom. The SMILES string of the molecule is CCNC(=NCc1c(C)nn(-c2ccccc2)c1C)N1CCC(C(=O)OCC)CC1. The molecule has 1 aliphatic heterocycles. The number of nitrogens with zero attached hydrogens (tertiary/aromatic N) is 4. The molecule has 30 heavy (non-hydrogen) atoms. The number of hydrogen-bond acceptors (Lipinski definition) is 4. The summed E-state index contributed by atoms with van der Waals surface area (Å²) in [5, 5.41) is 8.13. The van der Waals surface area contributed by atoms with E-state index in [1.165, 1.54) is 0 Å². The van der Waals surface area contributed by atoms with Crippen molar-refractivity contribution in [3.05, 3.63) is 47.3 Å². The maximum absolute atomic E-state index is 12.0. The van der Waals surface area contributed by atoms with Crippen LogP contribution in [0.3, 0.4) is 0 Å². The van der Waals surface area contributed by atoms with Crippen LogP contribution in [0.25, 0.3) is 5.69 Å². The largest absolute Gasteiger partial charge is 0.466 e. The Morgan fingerprint density at radius 3 is 2.53 bits per heavy atom. The van der Waals surface area contributed by atoms with E-state index in [9.17, 15) is 4.79 Å². The highest BCUT2D eigenvalue weighted by molar-refractivity contribution is 5.80. The summed E-state index contributed by atoms with van der Waals surface area (Å²) in [6.07, 6.45) is 1.60. The van der Waals surface area contributed by atoms with Gasteiger partial charge in [0, 0.05) is 30.9 Å². The Kier molecular flexibility index (Phi) is 7.49. The summed E-state index contributed by atoms with van der Waals surface area (Å²) in [5.41, 5.74) is 4.31. The van der Waals surface area contributed by atoms with Gasteiger partial charge < -0.3 is 15.0 Å². The molecule has 1 aromatic heterocycles. The first kappa shape index (κ1) is 21.9. The molecule has 1 aliphatic rings. The Hall–Kier alpha value is -2.83. The summed E-state index contributed by atoms with van der Waals surface area (Å²) in [4.78, 5) is 19.2. The van der Waals surface area contributed by atoms with Crippen LogP contribution in [0.1, 0.15) is 43.6 Å². The summed E-state index contributed by atoms with van der Waals surface area (Å²) in [6.45, 7) is 11.5. The fourth-order valence-corrected chi connectivity index (χ4v) is 3.89. The number of hydrogen-bond donors (Lipinski definition) is 1. The predicted molar refractivity (Wildman–Crippen MR) is 119 cm³/mol. The monoisotopic (exact) mass is 411 g/mol. The Labute approximate surface area is 179 Å². The zero-order valence-corrected chi connectivity index (χ0v) is 18.5. The van der Waals surface area contributed by atoms with E-state index < -0.39 is 0 Å². The number of esters is 1. The van der Waals surface area contributed by atoms with Crippen LogP contribution in [-0.2, 0) is 16.1 Å². The number of ether oxygens (including phenoxy) is 1. The average Bonchev–Trinajstić information content (AvgIpc) is 3.05. The highest BCUT2D eigenvalue weighted by atomic mass is 16.5. The fourth-order valence-electron chi connectivity index (χ4n) is 3.89. The van der Waals surface area contributed by atoms with Gasteiger partial charge in [0.15, 0.2) is 5.96 Å². The standard InChI is InChI=1S/C23H33N5O2/c1-5-24-23(27-14-12-19(13-15-27)22(29)30-6-2)25-16-21-17(3)26-28(18(21)4)20-10-8-7-9-11-20/h7-11,19H,5-6,12-16H2,1-4H3,(H,24,25). The van der Waals surface area contributed by atoms with Crippen molar-refractivity contribution >= 4 is 11.9 Å². The van der Waals surface area contributed by atoms with Gasteiger partial charge in [0.1, 0.15) is 0 Å². The van der Waals surface area contributed by atoms with Gasteiger partial charge in [-0.3, -0.25) is 4.79 Å². The van der Waals surface area contributed by atoms with E-state index >= 15 is 0 Å². The lowest BCUT2D eigenvalue weighted by Crippen LogP contribution is -2.46. The number of benzene rings is 1. The normalized spacial score (nSPS) is 15.3. The van der Waals surface area contributed by atoms with Crippen LogP contribution in [0.15, 0.2) is 35.3 Å². The molecule has 7 heteroatoms. The zero-order chi connectivity index (χ0) is 21.5. The van der Waals surface area contributed by atoms with E-state index in [0.717, 1.165) is 61.1 Å². The number of aliphatic imine (C=N–C) groups is 1. The number of rotatable bonds is 6. The third kappa shape index (κ3) is 5.01. The van der Waals surface area contributed by atoms with Gasteiger partial charge in [0.05, 0.1) is 30.5 Å². The van der Waals surface area contributed by atoms with Crippen LogP contribution in [0.5, 0.6) is 0 Å². The molecule has 2 aromatic rings. The van der Waals surface area contributed by atoms with Crippen molar-refractivity contribution in [2.75, 3.05) is 26.2 Å². The Balaban J connectivity index is 1.72. The molecule has 2 heterocycles. The summed E-state index contributed by atoms with van der Waals surface area (Å²) < 4.78 is 7.17. The molecule has 3 rings (SSSR count). The first-order valence-corrected chi connectivity index (χ1v) is 10.9. The highest BCUT2D eigenvalue weighted by Gasteiger charge is 2.27. The maximum Gasteiger partial charge on any atom is 0.309 e. The predicted octanol–water partition coefficient (Wildman–Crippen LogP) is 3.23. The number of aryl methyl sites for hydroxylation is 1. The van der Waals surface area contributed by atoms with E-state index in [-0.39, 0.29) is 11.9 Å². The van der Waals surface area contributed by atoms with Crippen molar-refractivity contribution in [2.24, 2.45) is 10.9 Å². The third-order valence-electron chi connectivity index (χ3n) is 5.58. The van der Waals surface area contributed by atoms with Crippen LogP contribution in [-0.4, -0.2) is 52.9 Å². The number of nitrogens with one attached hydrogen (secondary N) is 1. The molecule has 0 unspecified atom stereocenters. The maximum atomic E-state index is 12.0. The number of carbonyl (C=O) groups is 1. The molecule has 0 atom stereocenters. The Bertz CT molecular complexity index is 867. The van der Waals surface area contributed by atoms with Crippen LogP contribution < -0.4 is 5.32 Å². The van der Waals surface area contributed by atoms with Crippen LogP contribution in [0.2, 0.25) is 0 Å². The zero-order valence-electron chi connectivity index (χ0n) is 18.5. The summed E-state index contributed by atoms with van der Waals surface area (Å²) in [7, 11) is 0. The molecule has 7 nitrogen and oxygen atoms in total. The van der Waals surface area contributed by atoms with Gasteiger partial charge >= 0.3 is 5.97 Å². The van der Waals surface area contributed by atoms with E-state index in [1.807, 2.05) is 36.7 Å². The second kappa shape index (κ2) is 10.3. The number of likely N-dealkylation sites (tertiary alicyclic amines) is 1. The molecule has 0 amide bonds. The van der Waals surface area contributed by atoms with Crippen molar-refractivity contribution in [3.63, 3.8) is 0 Å². The van der Waals surface area contributed by atoms with Gasteiger partial charge in [-0.05, 0) is 52.7 Å². The fraction of sp³-hybridized carbons (Fsp3) is 0.522. The molecule has 1 aromatic carbocycles. The topological polar surface area (TPSA) is 71.8 Å². The van der Waals surface area contributed by atoms with Gasteiger partial charge in [-0.15, -0.1) is 0 Å². The molecule has 162 valence electrons. The van der Waals surface area contributed by atoms with Crippen molar-refractivity contribution in [1.29, 1.82) is 0 Å². The molecular formula is C23H33N5O2. The van der Waals surface area contributed by atoms with Gasteiger partial charge in [0.25, 0.3) is 0 Å². The van der Waals surface area contributed by atoms with Crippen LogP contribution in [0, 0.1) is 19.8 Å². The number of para-hydroxylation sites is 1. The number of aromatic nitrogens is 2. The highest BCUT2D eigenvalue weighted by Crippen LogP contribution is 2.21. The van der Waals surface area contributed by atoms with Crippen molar-refractivity contribution in [1.82, 2.24) is 20.0 Å². The van der Waals surface area contributed by atoms with E-state index in [4.69, 9.17) is 14.8 Å². The molecular weight excluding hydrogens is 378 g/mol. The van der Waals surface area contributed by atoms with Gasteiger partial charge in [-0.25, -0.2) is 9.67 Å². The first-order valence-electron chi connectivity index (χ1n) is 10.9. The molecule has 1 saturated heterocycles. The number of piperidine rings is 1. The van der Waals surface area contributed by atoms with Gasteiger partial charge in [-0.2, -0.15) is 5.10 Å². The molecule has 0 saturated carbocycles. The van der Waals surface area contributed by atoms with Crippen molar-refractivity contribution in [3.8, 4) is 5.69 Å². The van der Waals surface area contributed by atoms with Gasteiger partial charge in [-0.1, -0.05) is 18.2 Å².